The summed E-state index contributed by atoms with van der Waals surface area (Å²) in [6.07, 6.45) is 2.48. The first kappa shape index (κ1) is 11.3. The van der Waals surface area contributed by atoms with Crippen LogP contribution in [0.25, 0.3) is 0 Å². The highest BCUT2D eigenvalue weighted by atomic mass is 32.2. The van der Waals surface area contributed by atoms with Crippen LogP contribution in [0.15, 0.2) is 0 Å². The van der Waals surface area contributed by atoms with E-state index in [2.05, 4.69) is 0 Å². The van der Waals surface area contributed by atoms with Crippen molar-refractivity contribution in [2.24, 2.45) is 5.41 Å². The van der Waals surface area contributed by atoms with E-state index < -0.39 is 5.60 Å². The maximum atomic E-state index is 10.4. The van der Waals surface area contributed by atoms with Crippen LogP contribution in [0.4, 0.5) is 0 Å². The van der Waals surface area contributed by atoms with Crippen molar-refractivity contribution in [2.75, 3.05) is 18.1 Å². The highest BCUT2D eigenvalue weighted by Gasteiger charge is 2.45. The molecule has 78 valence electrons. The van der Waals surface area contributed by atoms with Crippen LogP contribution in [0.3, 0.4) is 0 Å². The molecule has 1 unspecified atom stereocenters. The Balaban J connectivity index is 2.74. The molecular weight excluding hydrogens is 184 g/mol. The van der Waals surface area contributed by atoms with Crippen LogP contribution in [0, 0.1) is 5.41 Å². The van der Waals surface area contributed by atoms with Gasteiger partial charge < -0.3 is 10.2 Å². The average Bonchev–Trinajstić information content (AvgIpc) is 2.17. The van der Waals surface area contributed by atoms with E-state index >= 15 is 0 Å². The van der Waals surface area contributed by atoms with E-state index in [0.717, 1.165) is 30.8 Å². The second kappa shape index (κ2) is 4.20. The number of thioether (sulfide) groups is 1. The fraction of sp³-hybridized carbons (Fsp3) is 1.00. The molecule has 0 aliphatic carbocycles. The summed E-state index contributed by atoms with van der Waals surface area (Å²) in [6.45, 7) is 4.11. The van der Waals surface area contributed by atoms with Crippen molar-refractivity contribution in [3.05, 3.63) is 0 Å². The average molecular weight is 204 g/mol. The molecule has 3 heteroatoms. The molecule has 1 saturated heterocycles. The van der Waals surface area contributed by atoms with E-state index in [9.17, 15) is 10.2 Å². The Morgan fingerprint density at radius 3 is 2.31 bits per heavy atom. The topological polar surface area (TPSA) is 40.5 Å². The molecule has 1 aliphatic rings. The molecule has 0 aromatic rings. The van der Waals surface area contributed by atoms with Gasteiger partial charge in [-0.15, -0.1) is 0 Å². The summed E-state index contributed by atoms with van der Waals surface area (Å²) >= 11 is 1.89. The zero-order valence-corrected chi connectivity index (χ0v) is 9.36. The Hall–Kier alpha value is 0.270. The Morgan fingerprint density at radius 2 is 1.92 bits per heavy atom. The zero-order chi connectivity index (χ0) is 9.95. The first-order valence-electron chi connectivity index (χ1n) is 4.99. The van der Waals surface area contributed by atoms with Gasteiger partial charge in [-0.05, 0) is 30.8 Å². The molecule has 1 heterocycles. The summed E-state index contributed by atoms with van der Waals surface area (Å²) < 4.78 is 0. The molecule has 1 fully saturated rings. The Bertz CT molecular complexity index is 160. The van der Waals surface area contributed by atoms with Gasteiger partial charge in [-0.2, -0.15) is 11.8 Å². The predicted molar refractivity (Wildman–Crippen MR) is 57.0 cm³/mol. The Labute approximate surface area is 84.7 Å². The van der Waals surface area contributed by atoms with Crippen molar-refractivity contribution in [1.29, 1.82) is 0 Å². The van der Waals surface area contributed by atoms with E-state index in [1.807, 2.05) is 25.6 Å². The van der Waals surface area contributed by atoms with Gasteiger partial charge in [0.25, 0.3) is 0 Å². The molecule has 0 amide bonds. The lowest BCUT2D eigenvalue weighted by Crippen LogP contribution is -2.50. The van der Waals surface area contributed by atoms with Gasteiger partial charge in [0.2, 0.25) is 0 Å². The lowest BCUT2D eigenvalue weighted by molar-refractivity contribution is -0.107. The minimum absolute atomic E-state index is 0.0880. The standard InChI is InChI=1S/C10H20O2S/c1-3-9(2,8-11)10(12)4-6-13-7-5-10/h11-12H,3-8H2,1-2H3. The summed E-state index contributed by atoms with van der Waals surface area (Å²) in [4.78, 5) is 0. The van der Waals surface area contributed by atoms with E-state index in [0.29, 0.717) is 0 Å². The van der Waals surface area contributed by atoms with Gasteiger partial charge in [0.1, 0.15) is 0 Å². The Morgan fingerprint density at radius 1 is 1.38 bits per heavy atom. The largest absolute Gasteiger partial charge is 0.396 e. The van der Waals surface area contributed by atoms with Crippen LogP contribution in [0.2, 0.25) is 0 Å². The van der Waals surface area contributed by atoms with Gasteiger partial charge in [-0.3, -0.25) is 0 Å². The van der Waals surface area contributed by atoms with E-state index in [1.165, 1.54) is 0 Å². The molecule has 1 rings (SSSR count). The van der Waals surface area contributed by atoms with Crippen molar-refractivity contribution < 1.29 is 10.2 Å². The van der Waals surface area contributed by atoms with Crippen LogP contribution in [-0.2, 0) is 0 Å². The molecule has 1 aliphatic heterocycles. The lowest BCUT2D eigenvalue weighted by Gasteiger charge is -2.45. The summed E-state index contributed by atoms with van der Waals surface area (Å²) in [7, 11) is 0. The van der Waals surface area contributed by atoms with Gasteiger partial charge in [-0.1, -0.05) is 13.8 Å². The van der Waals surface area contributed by atoms with Crippen molar-refractivity contribution >= 4 is 11.8 Å². The maximum Gasteiger partial charge on any atom is 0.0738 e. The molecule has 2 nitrogen and oxygen atoms in total. The highest BCUT2D eigenvalue weighted by molar-refractivity contribution is 7.99. The second-order valence-corrected chi connectivity index (χ2v) is 5.44. The maximum absolute atomic E-state index is 10.4. The third-order valence-corrected chi connectivity index (χ3v) is 4.56. The Kier molecular flexibility index (Phi) is 3.66. The summed E-state index contributed by atoms with van der Waals surface area (Å²) in [5.41, 5.74) is -0.949. The first-order valence-corrected chi connectivity index (χ1v) is 6.14. The van der Waals surface area contributed by atoms with Crippen LogP contribution >= 0.6 is 11.8 Å². The van der Waals surface area contributed by atoms with Crippen LogP contribution < -0.4 is 0 Å². The fourth-order valence-corrected chi connectivity index (χ4v) is 3.07. The molecule has 13 heavy (non-hydrogen) atoms. The molecule has 0 radical (unpaired) electrons. The van der Waals surface area contributed by atoms with Gasteiger partial charge in [0, 0.05) is 5.41 Å². The second-order valence-electron chi connectivity index (χ2n) is 4.22. The normalized spacial score (nSPS) is 26.8. The molecular formula is C10H20O2S. The van der Waals surface area contributed by atoms with Gasteiger partial charge in [0.15, 0.2) is 0 Å². The van der Waals surface area contributed by atoms with Gasteiger partial charge in [0.05, 0.1) is 12.2 Å². The number of rotatable bonds is 3. The molecule has 0 aromatic heterocycles. The third-order valence-electron chi connectivity index (χ3n) is 3.57. The highest BCUT2D eigenvalue weighted by Crippen LogP contribution is 2.43. The summed E-state index contributed by atoms with van der Waals surface area (Å²) in [6, 6.07) is 0. The van der Waals surface area contributed by atoms with Crippen molar-refractivity contribution in [1.82, 2.24) is 0 Å². The van der Waals surface area contributed by atoms with Gasteiger partial charge >= 0.3 is 0 Å². The summed E-state index contributed by atoms with van der Waals surface area (Å²) in [5.74, 6) is 2.04. The molecule has 1 atom stereocenters. The fourth-order valence-electron chi connectivity index (χ4n) is 1.90. The minimum atomic E-state index is -0.637. The van der Waals surface area contributed by atoms with Crippen LogP contribution in [-0.4, -0.2) is 33.9 Å². The van der Waals surface area contributed by atoms with E-state index in [4.69, 9.17) is 0 Å². The number of aliphatic hydroxyl groups is 2. The molecule has 0 spiro atoms. The van der Waals surface area contributed by atoms with E-state index in [-0.39, 0.29) is 12.0 Å². The number of aliphatic hydroxyl groups excluding tert-OH is 1. The first-order chi connectivity index (χ1) is 6.08. The smallest absolute Gasteiger partial charge is 0.0738 e. The monoisotopic (exact) mass is 204 g/mol. The minimum Gasteiger partial charge on any atom is -0.396 e. The molecule has 0 aromatic carbocycles. The molecule has 0 saturated carbocycles. The quantitative estimate of drug-likeness (QED) is 0.734. The van der Waals surface area contributed by atoms with Crippen molar-refractivity contribution in [2.45, 2.75) is 38.7 Å². The van der Waals surface area contributed by atoms with Crippen LogP contribution in [0.5, 0.6) is 0 Å². The number of hydrogen-bond donors (Lipinski definition) is 2. The number of hydrogen-bond acceptors (Lipinski definition) is 3. The lowest BCUT2D eigenvalue weighted by atomic mass is 9.69. The van der Waals surface area contributed by atoms with Gasteiger partial charge in [-0.25, -0.2) is 0 Å². The molecule has 0 bridgehead atoms. The summed E-state index contributed by atoms with van der Waals surface area (Å²) in [5, 5.41) is 19.8. The zero-order valence-electron chi connectivity index (χ0n) is 8.55. The third kappa shape index (κ3) is 2.03. The molecule has 2 N–H and O–H groups in total. The SMILES string of the molecule is CCC(C)(CO)C1(O)CCSCC1. The van der Waals surface area contributed by atoms with Crippen LogP contribution in [0.1, 0.15) is 33.1 Å². The predicted octanol–water partition coefficient (Wildman–Crippen LogP) is 1.65. The van der Waals surface area contributed by atoms with Crippen molar-refractivity contribution in [3.8, 4) is 0 Å². The van der Waals surface area contributed by atoms with Crippen molar-refractivity contribution in [3.63, 3.8) is 0 Å². The van der Waals surface area contributed by atoms with E-state index in [1.54, 1.807) is 0 Å².